The Morgan fingerprint density at radius 1 is 1.25 bits per heavy atom. The number of alkyl halides is 3. The molecule has 0 saturated heterocycles. The van der Waals surface area contributed by atoms with Crippen molar-refractivity contribution in [2.75, 3.05) is 19.0 Å². The summed E-state index contributed by atoms with van der Waals surface area (Å²) in [7, 11) is 1.49. The van der Waals surface area contributed by atoms with Crippen molar-refractivity contribution in [2.45, 2.75) is 25.9 Å². The number of thiazole rings is 1. The summed E-state index contributed by atoms with van der Waals surface area (Å²) >= 11 is 7.14. The summed E-state index contributed by atoms with van der Waals surface area (Å²) in [6, 6.07) is 10.0. The van der Waals surface area contributed by atoms with Gasteiger partial charge in [-0.15, -0.1) is 11.3 Å². The largest absolute Gasteiger partial charge is 0.493 e. The Bertz CT molecular complexity index is 1320. The molecular weight excluding hydrogens is 515 g/mol. The highest BCUT2D eigenvalue weighted by Crippen LogP contribution is 2.33. The van der Waals surface area contributed by atoms with Gasteiger partial charge in [0, 0.05) is 22.5 Å². The number of amides is 1. The first kappa shape index (κ1) is 27.0. The molecule has 1 aromatic heterocycles. The Balaban J connectivity index is 1.73. The van der Waals surface area contributed by atoms with E-state index in [1.807, 2.05) is 13.0 Å². The number of carbonyl (C=O) groups excluding carboxylic acids is 1. The summed E-state index contributed by atoms with van der Waals surface area (Å²) in [5.41, 5.74) is -0.130. The number of aromatic nitrogens is 1. The Kier molecular flexibility index (Phi) is 8.96. The van der Waals surface area contributed by atoms with Crippen molar-refractivity contribution in [3.05, 3.63) is 74.8 Å². The third-order valence-electron chi connectivity index (χ3n) is 4.84. The lowest BCUT2D eigenvalue weighted by atomic mass is 10.1. The van der Waals surface area contributed by atoms with Gasteiger partial charge in [0.2, 0.25) is 0 Å². The summed E-state index contributed by atoms with van der Waals surface area (Å²) < 4.78 is 50.0. The molecule has 1 amide bonds. The van der Waals surface area contributed by atoms with Gasteiger partial charge in [0.25, 0.3) is 5.91 Å². The van der Waals surface area contributed by atoms with E-state index in [-0.39, 0.29) is 27.7 Å². The van der Waals surface area contributed by atoms with E-state index in [0.29, 0.717) is 28.5 Å². The first-order chi connectivity index (χ1) is 17.1. The van der Waals surface area contributed by atoms with E-state index < -0.39 is 17.6 Å². The zero-order valence-corrected chi connectivity index (χ0v) is 20.9. The summed E-state index contributed by atoms with van der Waals surface area (Å²) in [6.07, 6.45) is -0.720. The number of rotatable bonds is 9. The van der Waals surface area contributed by atoms with Gasteiger partial charge < -0.3 is 9.47 Å². The summed E-state index contributed by atoms with van der Waals surface area (Å²) in [5, 5.41) is 12.4. The highest BCUT2D eigenvalue weighted by Gasteiger charge is 2.31. The Labute approximate surface area is 214 Å². The first-order valence-electron chi connectivity index (χ1n) is 10.7. The number of carbonyl (C=O) groups is 1. The van der Waals surface area contributed by atoms with E-state index in [9.17, 15) is 23.2 Å². The van der Waals surface area contributed by atoms with E-state index in [2.05, 4.69) is 10.3 Å². The Morgan fingerprint density at radius 3 is 2.69 bits per heavy atom. The Morgan fingerprint density at radius 2 is 2.03 bits per heavy atom. The van der Waals surface area contributed by atoms with Crippen molar-refractivity contribution in [1.29, 1.82) is 5.26 Å². The van der Waals surface area contributed by atoms with Crippen LogP contribution >= 0.6 is 22.9 Å². The molecule has 0 fully saturated rings. The van der Waals surface area contributed by atoms with Crippen molar-refractivity contribution in [1.82, 2.24) is 4.98 Å². The molecule has 0 radical (unpaired) electrons. The van der Waals surface area contributed by atoms with Crippen molar-refractivity contribution in [3.63, 3.8) is 0 Å². The molecule has 0 bridgehead atoms. The van der Waals surface area contributed by atoms with Crippen LogP contribution in [-0.2, 0) is 17.4 Å². The maximum absolute atomic E-state index is 13.0. The topological polar surface area (TPSA) is 84.2 Å². The summed E-state index contributed by atoms with van der Waals surface area (Å²) in [5.74, 6) is 0.337. The monoisotopic (exact) mass is 535 g/mol. The average Bonchev–Trinajstić information content (AvgIpc) is 3.28. The van der Waals surface area contributed by atoms with Crippen molar-refractivity contribution >= 4 is 40.1 Å². The quantitative estimate of drug-likeness (QED) is 0.242. The van der Waals surface area contributed by atoms with Crippen LogP contribution in [0.25, 0.3) is 6.08 Å². The zero-order valence-electron chi connectivity index (χ0n) is 19.3. The van der Waals surface area contributed by atoms with Crippen LogP contribution in [0.5, 0.6) is 11.5 Å². The molecule has 188 valence electrons. The molecule has 0 saturated carbocycles. The van der Waals surface area contributed by atoms with Crippen LogP contribution in [-0.4, -0.2) is 24.6 Å². The molecule has 1 N–H and O–H groups in total. The molecule has 0 aliphatic heterocycles. The minimum Gasteiger partial charge on any atom is -0.493 e. The van der Waals surface area contributed by atoms with Crippen LogP contribution in [0.2, 0.25) is 5.02 Å². The van der Waals surface area contributed by atoms with E-state index in [4.69, 9.17) is 21.1 Å². The zero-order chi connectivity index (χ0) is 26.3. The molecule has 1 heterocycles. The van der Waals surface area contributed by atoms with Gasteiger partial charge in [-0.25, -0.2) is 4.98 Å². The predicted molar refractivity (Wildman–Crippen MR) is 132 cm³/mol. The second-order valence-corrected chi connectivity index (χ2v) is 9.02. The fourth-order valence-corrected chi connectivity index (χ4v) is 4.12. The molecule has 2 aromatic carbocycles. The smallest absolute Gasteiger partial charge is 0.416 e. The number of anilines is 1. The summed E-state index contributed by atoms with van der Waals surface area (Å²) in [4.78, 5) is 17.3. The number of benzene rings is 2. The van der Waals surface area contributed by atoms with Crippen molar-refractivity contribution in [3.8, 4) is 17.6 Å². The lowest BCUT2D eigenvalue weighted by molar-refractivity contribution is -0.137. The Hall–Kier alpha value is -3.55. The lowest BCUT2D eigenvalue weighted by Crippen LogP contribution is -2.13. The second-order valence-electron chi connectivity index (χ2n) is 7.50. The second kappa shape index (κ2) is 11.9. The van der Waals surface area contributed by atoms with E-state index in [0.717, 1.165) is 29.9 Å². The minimum absolute atomic E-state index is 0.101. The van der Waals surface area contributed by atoms with Gasteiger partial charge in [0.15, 0.2) is 16.6 Å². The fourth-order valence-electron chi connectivity index (χ4n) is 3.11. The van der Waals surface area contributed by atoms with Crippen LogP contribution in [0.3, 0.4) is 0 Å². The fraction of sp³-hybridized carbons (Fsp3) is 0.240. The number of nitrogens with one attached hydrogen (secondary N) is 1. The van der Waals surface area contributed by atoms with Crippen LogP contribution < -0.4 is 14.8 Å². The van der Waals surface area contributed by atoms with E-state index in [1.165, 1.54) is 25.4 Å². The standard InChI is InChI=1S/C25H21ClF3N3O3S/c1-3-8-35-21-7-4-15(10-22(21)34-2)9-17(13-30)23(33)32-24-31-14-19(36-24)12-16-11-18(25(27,28)29)5-6-20(16)26/h4-7,9-11,14H,3,8,12H2,1-2H3,(H,31,32,33)/b17-9+. The van der Waals surface area contributed by atoms with Gasteiger partial charge in [-0.2, -0.15) is 18.4 Å². The predicted octanol–water partition coefficient (Wildman–Crippen LogP) is 6.75. The summed E-state index contributed by atoms with van der Waals surface area (Å²) in [6.45, 7) is 2.50. The molecule has 3 rings (SSSR count). The third-order valence-corrected chi connectivity index (χ3v) is 6.12. The van der Waals surface area contributed by atoms with Crippen LogP contribution in [0, 0.1) is 11.3 Å². The van der Waals surface area contributed by atoms with Crippen LogP contribution in [0.4, 0.5) is 18.3 Å². The third kappa shape index (κ3) is 6.99. The molecule has 3 aromatic rings. The van der Waals surface area contributed by atoms with Crippen molar-refractivity contribution < 1.29 is 27.4 Å². The molecule has 0 unspecified atom stereocenters. The maximum atomic E-state index is 13.0. The number of methoxy groups -OCH3 is 1. The first-order valence-corrected chi connectivity index (χ1v) is 11.9. The maximum Gasteiger partial charge on any atom is 0.416 e. The number of nitrogens with zero attached hydrogens (tertiary/aromatic N) is 2. The highest BCUT2D eigenvalue weighted by molar-refractivity contribution is 7.15. The molecule has 36 heavy (non-hydrogen) atoms. The van der Waals surface area contributed by atoms with Gasteiger partial charge in [-0.1, -0.05) is 24.6 Å². The molecule has 11 heteroatoms. The SMILES string of the molecule is CCCOc1ccc(/C=C(\C#N)C(=O)Nc2ncc(Cc3cc(C(F)(F)F)ccc3Cl)s2)cc1OC. The number of halogens is 4. The minimum atomic E-state index is -4.49. The van der Waals surface area contributed by atoms with Gasteiger partial charge in [0.05, 0.1) is 19.3 Å². The molecule has 0 atom stereocenters. The molecule has 0 spiro atoms. The van der Waals surface area contributed by atoms with Crippen molar-refractivity contribution in [2.24, 2.45) is 0 Å². The normalized spacial score (nSPS) is 11.6. The molecule has 0 aliphatic carbocycles. The molecular formula is C25H21ClF3N3O3S. The van der Waals surface area contributed by atoms with Gasteiger partial charge in [-0.3, -0.25) is 10.1 Å². The van der Waals surface area contributed by atoms with E-state index in [1.54, 1.807) is 18.2 Å². The van der Waals surface area contributed by atoms with Crippen LogP contribution in [0.15, 0.2) is 48.2 Å². The van der Waals surface area contributed by atoms with Gasteiger partial charge in [-0.05, 0) is 54.0 Å². The van der Waals surface area contributed by atoms with Gasteiger partial charge >= 0.3 is 6.18 Å². The number of nitriles is 1. The van der Waals surface area contributed by atoms with Crippen LogP contribution in [0.1, 0.15) is 34.9 Å². The number of hydrogen-bond acceptors (Lipinski definition) is 6. The number of ether oxygens (including phenoxy) is 2. The van der Waals surface area contributed by atoms with E-state index >= 15 is 0 Å². The molecule has 6 nitrogen and oxygen atoms in total. The average molecular weight is 536 g/mol. The molecule has 0 aliphatic rings. The lowest BCUT2D eigenvalue weighted by Gasteiger charge is -2.10. The van der Waals surface area contributed by atoms with Gasteiger partial charge in [0.1, 0.15) is 11.6 Å². The highest BCUT2D eigenvalue weighted by atomic mass is 35.5. The number of hydrogen-bond donors (Lipinski definition) is 1.